The van der Waals surface area contributed by atoms with Crippen molar-refractivity contribution in [3.8, 4) is 5.75 Å². The van der Waals surface area contributed by atoms with E-state index in [1.165, 1.54) is 27.9 Å². The molecule has 2 aliphatic heterocycles. The Hall–Kier alpha value is -2.29. The molecule has 0 unspecified atom stereocenters. The van der Waals surface area contributed by atoms with Gasteiger partial charge >= 0.3 is 0 Å². The van der Waals surface area contributed by atoms with Crippen LogP contribution in [0, 0.1) is 0 Å². The maximum atomic E-state index is 12.9. The lowest BCUT2D eigenvalue weighted by molar-refractivity contribution is 0.0730. The van der Waals surface area contributed by atoms with E-state index in [9.17, 15) is 16.8 Å². The Balaban J connectivity index is 1.33. The molecule has 2 aromatic rings. The fraction of sp³-hybridized carbons (Fsp3) is 0.409. The van der Waals surface area contributed by atoms with E-state index in [-0.39, 0.29) is 9.79 Å². The van der Waals surface area contributed by atoms with E-state index in [4.69, 9.17) is 21.7 Å². The van der Waals surface area contributed by atoms with Gasteiger partial charge in [0.2, 0.25) is 20.0 Å². The molecule has 13 heteroatoms. The topological polar surface area (TPSA) is 108 Å². The van der Waals surface area contributed by atoms with Gasteiger partial charge in [0.25, 0.3) is 0 Å². The van der Waals surface area contributed by atoms with Crippen LogP contribution in [0.25, 0.3) is 0 Å². The average Bonchev–Trinajstić information content (AvgIpc) is 2.89. The highest BCUT2D eigenvalue weighted by atomic mass is 32.2. The SMILES string of the molecule is COc1ccc(S(=O)(=O)N2CCN(C(=S)Nc3ccc(S(=O)(=O)N4CCOCC4)cc3)CC2)cc1. The van der Waals surface area contributed by atoms with Crippen molar-refractivity contribution in [2.75, 3.05) is 64.9 Å². The highest BCUT2D eigenvalue weighted by Gasteiger charge is 2.30. The first-order chi connectivity index (χ1) is 16.7. The molecule has 1 N–H and O–H groups in total. The molecule has 0 aliphatic carbocycles. The molecule has 2 aliphatic rings. The lowest BCUT2D eigenvalue weighted by atomic mass is 10.3. The lowest BCUT2D eigenvalue weighted by Crippen LogP contribution is -2.51. The first-order valence-corrected chi connectivity index (χ1v) is 14.4. The average molecular weight is 541 g/mol. The number of methoxy groups -OCH3 is 1. The molecule has 2 aromatic carbocycles. The third kappa shape index (κ3) is 5.76. The van der Waals surface area contributed by atoms with Crippen LogP contribution in [0.1, 0.15) is 0 Å². The zero-order valence-electron chi connectivity index (χ0n) is 19.3. The summed E-state index contributed by atoms with van der Waals surface area (Å²) in [6.45, 7) is 2.93. The van der Waals surface area contributed by atoms with Crippen LogP contribution < -0.4 is 10.1 Å². The number of sulfonamides is 2. The Morgan fingerprint density at radius 3 is 1.80 bits per heavy atom. The third-order valence-corrected chi connectivity index (χ3v) is 10.1. The number of hydrogen-bond acceptors (Lipinski definition) is 7. The molecule has 0 bridgehead atoms. The van der Waals surface area contributed by atoms with Gasteiger partial charge in [-0.15, -0.1) is 0 Å². The van der Waals surface area contributed by atoms with Crippen LogP contribution in [0.2, 0.25) is 0 Å². The first-order valence-electron chi connectivity index (χ1n) is 11.1. The summed E-state index contributed by atoms with van der Waals surface area (Å²) in [6, 6.07) is 12.8. The number of thiocarbonyl (C=S) groups is 1. The summed E-state index contributed by atoms with van der Waals surface area (Å²) in [6.07, 6.45) is 0. The van der Waals surface area contributed by atoms with E-state index in [2.05, 4.69) is 5.32 Å². The minimum atomic E-state index is -3.60. The number of ether oxygens (including phenoxy) is 2. The van der Waals surface area contributed by atoms with Crippen molar-refractivity contribution in [3.05, 3.63) is 48.5 Å². The van der Waals surface area contributed by atoms with E-state index >= 15 is 0 Å². The highest BCUT2D eigenvalue weighted by Crippen LogP contribution is 2.22. The molecular weight excluding hydrogens is 512 g/mol. The second kappa shape index (κ2) is 10.8. The molecule has 2 fully saturated rings. The minimum absolute atomic E-state index is 0.216. The first kappa shape index (κ1) is 25.8. The van der Waals surface area contributed by atoms with Gasteiger partial charge in [0.05, 0.1) is 30.1 Å². The largest absolute Gasteiger partial charge is 0.497 e. The Kier molecular flexibility index (Phi) is 7.93. The summed E-state index contributed by atoms with van der Waals surface area (Å²) in [5.41, 5.74) is 0.657. The third-order valence-electron chi connectivity index (χ3n) is 5.94. The zero-order valence-corrected chi connectivity index (χ0v) is 21.7. The molecule has 35 heavy (non-hydrogen) atoms. The second-order valence-electron chi connectivity index (χ2n) is 8.04. The van der Waals surface area contributed by atoms with Crippen molar-refractivity contribution >= 4 is 43.1 Å². The number of anilines is 1. The summed E-state index contributed by atoms with van der Waals surface area (Å²) in [5.74, 6) is 0.594. The van der Waals surface area contributed by atoms with Gasteiger partial charge in [-0.25, -0.2) is 16.8 Å². The molecule has 0 spiro atoms. The fourth-order valence-corrected chi connectivity index (χ4v) is 7.01. The zero-order chi connectivity index (χ0) is 25.1. The van der Waals surface area contributed by atoms with Crippen molar-refractivity contribution in [2.45, 2.75) is 9.79 Å². The Labute approximate surface area is 211 Å². The van der Waals surface area contributed by atoms with Gasteiger partial charge in [0, 0.05) is 45.0 Å². The van der Waals surface area contributed by atoms with Crippen LogP contribution in [0.5, 0.6) is 5.75 Å². The number of nitrogens with zero attached hydrogens (tertiary/aromatic N) is 3. The van der Waals surface area contributed by atoms with Gasteiger partial charge in [0.1, 0.15) is 5.75 Å². The fourth-order valence-electron chi connectivity index (χ4n) is 3.88. The molecule has 4 rings (SSSR count). The Morgan fingerprint density at radius 1 is 0.800 bits per heavy atom. The second-order valence-corrected chi connectivity index (χ2v) is 12.3. The van der Waals surface area contributed by atoms with Gasteiger partial charge in [-0.1, -0.05) is 0 Å². The minimum Gasteiger partial charge on any atom is -0.497 e. The van der Waals surface area contributed by atoms with Crippen molar-refractivity contribution < 1.29 is 26.3 Å². The summed E-state index contributed by atoms with van der Waals surface area (Å²) in [7, 11) is -5.64. The van der Waals surface area contributed by atoms with Crippen molar-refractivity contribution in [2.24, 2.45) is 0 Å². The van der Waals surface area contributed by atoms with E-state index in [0.29, 0.717) is 69.0 Å². The lowest BCUT2D eigenvalue weighted by Gasteiger charge is -2.35. The van der Waals surface area contributed by atoms with E-state index in [1.807, 2.05) is 4.90 Å². The number of benzene rings is 2. The van der Waals surface area contributed by atoms with Gasteiger partial charge in [-0.05, 0) is 60.7 Å². The van der Waals surface area contributed by atoms with Gasteiger partial charge in [0.15, 0.2) is 5.11 Å². The molecule has 0 aromatic heterocycles. The van der Waals surface area contributed by atoms with Crippen molar-refractivity contribution in [1.29, 1.82) is 0 Å². The van der Waals surface area contributed by atoms with E-state index in [1.54, 1.807) is 36.4 Å². The van der Waals surface area contributed by atoms with Crippen LogP contribution in [0.3, 0.4) is 0 Å². The smallest absolute Gasteiger partial charge is 0.243 e. The number of rotatable bonds is 6. The van der Waals surface area contributed by atoms with Gasteiger partial charge in [-0.2, -0.15) is 8.61 Å². The summed E-state index contributed by atoms with van der Waals surface area (Å²) < 4.78 is 64.6. The van der Waals surface area contributed by atoms with E-state index < -0.39 is 20.0 Å². The Morgan fingerprint density at radius 2 is 1.29 bits per heavy atom. The summed E-state index contributed by atoms with van der Waals surface area (Å²) >= 11 is 5.51. The molecule has 190 valence electrons. The van der Waals surface area contributed by atoms with Crippen LogP contribution in [0.15, 0.2) is 58.3 Å². The quantitative estimate of drug-likeness (QED) is 0.544. The Bertz CT molecular complexity index is 1240. The maximum absolute atomic E-state index is 12.9. The van der Waals surface area contributed by atoms with Crippen LogP contribution in [0.4, 0.5) is 5.69 Å². The van der Waals surface area contributed by atoms with Crippen LogP contribution >= 0.6 is 12.2 Å². The molecule has 2 saturated heterocycles. The standard InChI is InChI=1S/C22H28N4O6S3/c1-31-19-4-8-21(9-5-19)34(27,28)25-12-10-24(11-13-25)22(33)23-18-2-6-20(7-3-18)35(29,30)26-14-16-32-17-15-26/h2-9H,10-17H2,1H3,(H,23,33). The predicted molar refractivity (Wildman–Crippen MR) is 136 cm³/mol. The van der Waals surface area contributed by atoms with E-state index in [0.717, 1.165) is 0 Å². The number of nitrogens with one attached hydrogen (secondary N) is 1. The molecule has 0 radical (unpaired) electrons. The molecule has 10 nitrogen and oxygen atoms in total. The molecule has 0 atom stereocenters. The number of piperazine rings is 1. The molecule has 2 heterocycles. The molecule has 0 saturated carbocycles. The molecule has 0 amide bonds. The van der Waals surface area contributed by atoms with Crippen LogP contribution in [-0.4, -0.2) is 95.1 Å². The monoisotopic (exact) mass is 540 g/mol. The van der Waals surface area contributed by atoms with Gasteiger partial charge < -0.3 is 19.7 Å². The van der Waals surface area contributed by atoms with Crippen molar-refractivity contribution in [3.63, 3.8) is 0 Å². The van der Waals surface area contributed by atoms with Crippen molar-refractivity contribution in [1.82, 2.24) is 13.5 Å². The number of morpholine rings is 1. The highest BCUT2D eigenvalue weighted by molar-refractivity contribution is 7.89. The molecular formula is C22H28N4O6S3. The predicted octanol–water partition coefficient (Wildman–Crippen LogP) is 1.42. The maximum Gasteiger partial charge on any atom is 0.243 e. The summed E-state index contributed by atoms with van der Waals surface area (Å²) in [5, 5.41) is 3.57. The van der Waals surface area contributed by atoms with Crippen LogP contribution in [-0.2, 0) is 24.8 Å². The van der Waals surface area contributed by atoms with Gasteiger partial charge in [-0.3, -0.25) is 0 Å². The summed E-state index contributed by atoms with van der Waals surface area (Å²) in [4.78, 5) is 2.33. The normalized spacial score (nSPS) is 18.3. The number of hydrogen-bond donors (Lipinski definition) is 1.